The van der Waals surface area contributed by atoms with Crippen molar-refractivity contribution in [3.8, 4) is 5.75 Å². The molecule has 0 spiro atoms. The Morgan fingerprint density at radius 3 is 2.73 bits per heavy atom. The fraction of sp³-hybridized carbons (Fsp3) is 0.417. The Labute approximate surface area is 89.7 Å². The van der Waals surface area contributed by atoms with Crippen molar-refractivity contribution in [3.05, 3.63) is 23.9 Å². The summed E-state index contributed by atoms with van der Waals surface area (Å²) in [4.78, 5) is 0. The van der Waals surface area contributed by atoms with E-state index in [9.17, 15) is 0 Å². The number of rotatable bonds is 2. The maximum atomic E-state index is 5.74. The van der Waals surface area contributed by atoms with Crippen LogP contribution in [0.15, 0.2) is 18.3 Å². The van der Waals surface area contributed by atoms with E-state index in [0.29, 0.717) is 0 Å². The first-order valence-electron chi connectivity index (χ1n) is 5.17. The minimum absolute atomic E-state index is 0.203. The number of hydrogen-bond donors (Lipinski definition) is 0. The number of hydrogen-bond acceptors (Lipinski definition) is 2. The Kier molecular flexibility index (Phi) is 2.39. The maximum Gasteiger partial charge on any atom is 0.124 e. The van der Waals surface area contributed by atoms with Crippen LogP contribution in [-0.2, 0) is 7.05 Å². The summed E-state index contributed by atoms with van der Waals surface area (Å²) < 4.78 is 7.62. The third kappa shape index (κ3) is 1.69. The molecule has 1 aromatic heterocycles. The molecule has 0 radical (unpaired) electrons. The number of benzene rings is 1. The molecule has 0 unspecified atom stereocenters. The molecule has 1 heterocycles. The molecule has 0 atom stereocenters. The van der Waals surface area contributed by atoms with Crippen LogP contribution >= 0.6 is 0 Å². The highest BCUT2D eigenvalue weighted by molar-refractivity contribution is 5.83. The van der Waals surface area contributed by atoms with Gasteiger partial charge in [-0.2, -0.15) is 5.10 Å². The Morgan fingerprint density at radius 2 is 2.07 bits per heavy atom. The van der Waals surface area contributed by atoms with Crippen LogP contribution in [0.3, 0.4) is 0 Å². The van der Waals surface area contributed by atoms with E-state index in [1.807, 2.05) is 43.9 Å². The summed E-state index contributed by atoms with van der Waals surface area (Å²) in [7, 11) is 1.95. The number of fused-ring (bicyclic) bond motifs is 1. The highest BCUT2D eigenvalue weighted by atomic mass is 16.5. The first-order chi connectivity index (χ1) is 7.09. The molecule has 0 saturated carbocycles. The van der Waals surface area contributed by atoms with Gasteiger partial charge in [0.1, 0.15) is 5.75 Å². The molecule has 0 aliphatic heterocycles. The van der Waals surface area contributed by atoms with Gasteiger partial charge in [0.2, 0.25) is 0 Å². The summed E-state index contributed by atoms with van der Waals surface area (Å²) in [5.74, 6) is 0.945. The van der Waals surface area contributed by atoms with E-state index in [4.69, 9.17) is 4.74 Å². The molecule has 80 valence electrons. The monoisotopic (exact) mass is 204 g/mol. The lowest BCUT2D eigenvalue weighted by Gasteiger charge is -2.13. The molecule has 0 saturated heterocycles. The zero-order chi connectivity index (χ0) is 11.0. The molecule has 0 aliphatic rings. The fourth-order valence-corrected chi connectivity index (χ4v) is 1.82. The Hall–Kier alpha value is -1.51. The average molecular weight is 204 g/mol. The fourth-order valence-electron chi connectivity index (χ4n) is 1.82. The van der Waals surface area contributed by atoms with E-state index in [1.165, 1.54) is 0 Å². The molecule has 0 bridgehead atoms. The molecule has 0 N–H and O–H groups in total. The molecule has 1 aromatic carbocycles. The van der Waals surface area contributed by atoms with Gasteiger partial charge in [-0.05, 0) is 32.9 Å². The highest BCUT2D eigenvalue weighted by Crippen LogP contribution is 2.27. The molecule has 3 nitrogen and oxygen atoms in total. The highest BCUT2D eigenvalue weighted by Gasteiger charge is 2.09. The predicted molar refractivity (Wildman–Crippen MR) is 61.2 cm³/mol. The SMILES string of the molecule is Cc1c(OC(C)C)ccc2cnn(C)c12. The average Bonchev–Trinajstić information content (AvgIpc) is 2.53. The van der Waals surface area contributed by atoms with E-state index < -0.39 is 0 Å². The summed E-state index contributed by atoms with van der Waals surface area (Å²) in [5.41, 5.74) is 2.30. The zero-order valence-electron chi connectivity index (χ0n) is 9.61. The molecular formula is C12H16N2O. The van der Waals surface area contributed by atoms with Crippen LogP contribution in [0, 0.1) is 6.92 Å². The van der Waals surface area contributed by atoms with Gasteiger partial charge in [-0.1, -0.05) is 0 Å². The molecule has 15 heavy (non-hydrogen) atoms. The Morgan fingerprint density at radius 1 is 1.33 bits per heavy atom. The Balaban J connectivity index is 2.58. The van der Waals surface area contributed by atoms with Crippen LogP contribution in [0.2, 0.25) is 0 Å². The second-order valence-corrected chi connectivity index (χ2v) is 4.06. The minimum atomic E-state index is 0.203. The van der Waals surface area contributed by atoms with Crippen LogP contribution in [0.4, 0.5) is 0 Å². The van der Waals surface area contributed by atoms with Gasteiger partial charge in [0.05, 0.1) is 17.8 Å². The third-order valence-electron chi connectivity index (χ3n) is 2.47. The standard InChI is InChI=1S/C12H16N2O/c1-8(2)15-11-6-5-10-7-13-14(4)12(10)9(11)3/h5-8H,1-4H3. The molecule has 2 aromatic rings. The molecular weight excluding hydrogens is 188 g/mol. The number of ether oxygens (including phenoxy) is 1. The topological polar surface area (TPSA) is 27.1 Å². The van der Waals surface area contributed by atoms with E-state index in [2.05, 4.69) is 12.0 Å². The number of aromatic nitrogens is 2. The van der Waals surface area contributed by atoms with E-state index in [1.54, 1.807) is 0 Å². The van der Waals surface area contributed by atoms with Gasteiger partial charge in [0.25, 0.3) is 0 Å². The lowest BCUT2D eigenvalue weighted by atomic mass is 10.1. The summed E-state index contributed by atoms with van der Waals surface area (Å²) in [6, 6.07) is 4.06. The van der Waals surface area contributed by atoms with Gasteiger partial charge in [0, 0.05) is 18.0 Å². The van der Waals surface area contributed by atoms with Crippen molar-refractivity contribution in [2.75, 3.05) is 0 Å². The predicted octanol–water partition coefficient (Wildman–Crippen LogP) is 2.67. The van der Waals surface area contributed by atoms with Crippen molar-refractivity contribution in [3.63, 3.8) is 0 Å². The summed E-state index contributed by atoms with van der Waals surface area (Å²) in [5, 5.41) is 5.40. The second kappa shape index (κ2) is 3.57. The van der Waals surface area contributed by atoms with Crippen LogP contribution in [-0.4, -0.2) is 15.9 Å². The largest absolute Gasteiger partial charge is 0.491 e. The quantitative estimate of drug-likeness (QED) is 0.752. The maximum absolute atomic E-state index is 5.74. The van der Waals surface area contributed by atoms with Crippen LogP contribution in [0.5, 0.6) is 5.75 Å². The lowest BCUT2D eigenvalue weighted by Crippen LogP contribution is -2.07. The van der Waals surface area contributed by atoms with Crippen molar-refractivity contribution < 1.29 is 4.74 Å². The molecule has 0 amide bonds. The molecule has 0 fully saturated rings. The lowest BCUT2D eigenvalue weighted by molar-refractivity contribution is 0.241. The van der Waals surface area contributed by atoms with E-state index in [0.717, 1.165) is 22.2 Å². The first kappa shape index (κ1) is 10.0. The van der Waals surface area contributed by atoms with E-state index >= 15 is 0 Å². The van der Waals surface area contributed by atoms with Gasteiger partial charge in [-0.3, -0.25) is 4.68 Å². The van der Waals surface area contributed by atoms with E-state index in [-0.39, 0.29) is 6.10 Å². The van der Waals surface area contributed by atoms with Crippen LogP contribution in [0.1, 0.15) is 19.4 Å². The molecule has 3 heteroatoms. The normalized spacial score (nSPS) is 11.3. The van der Waals surface area contributed by atoms with Gasteiger partial charge < -0.3 is 4.74 Å². The smallest absolute Gasteiger partial charge is 0.124 e. The van der Waals surface area contributed by atoms with Crippen LogP contribution in [0.25, 0.3) is 10.9 Å². The zero-order valence-corrected chi connectivity index (χ0v) is 9.61. The molecule has 2 rings (SSSR count). The van der Waals surface area contributed by atoms with Gasteiger partial charge in [0.15, 0.2) is 0 Å². The summed E-state index contributed by atoms with van der Waals surface area (Å²) >= 11 is 0. The van der Waals surface area contributed by atoms with Crippen molar-refractivity contribution in [1.82, 2.24) is 9.78 Å². The van der Waals surface area contributed by atoms with Crippen molar-refractivity contribution in [2.45, 2.75) is 26.9 Å². The third-order valence-corrected chi connectivity index (χ3v) is 2.47. The second-order valence-electron chi connectivity index (χ2n) is 4.06. The number of aryl methyl sites for hydroxylation is 2. The van der Waals surface area contributed by atoms with Crippen molar-refractivity contribution in [1.29, 1.82) is 0 Å². The van der Waals surface area contributed by atoms with Crippen LogP contribution < -0.4 is 4.74 Å². The summed E-state index contributed by atoms with van der Waals surface area (Å²) in [6.07, 6.45) is 2.08. The first-order valence-corrected chi connectivity index (χ1v) is 5.17. The Bertz CT molecular complexity index is 486. The number of nitrogens with zero attached hydrogens (tertiary/aromatic N) is 2. The molecule has 0 aliphatic carbocycles. The van der Waals surface area contributed by atoms with Crippen molar-refractivity contribution >= 4 is 10.9 Å². The summed E-state index contributed by atoms with van der Waals surface area (Å²) in [6.45, 7) is 6.14. The minimum Gasteiger partial charge on any atom is -0.491 e. The van der Waals surface area contributed by atoms with Gasteiger partial charge in [-0.25, -0.2) is 0 Å². The van der Waals surface area contributed by atoms with Gasteiger partial charge in [-0.15, -0.1) is 0 Å². The van der Waals surface area contributed by atoms with Gasteiger partial charge >= 0.3 is 0 Å². The van der Waals surface area contributed by atoms with Crippen molar-refractivity contribution in [2.24, 2.45) is 7.05 Å².